The predicted molar refractivity (Wildman–Crippen MR) is 77.2 cm³/mol. The Labute approximate surface area is 114 Å². The van der Waals surface area contributed by atoms with E-state index in [4.69, 9.17) is 14.2 Å². The van der Waals surface area contributed by atoms with Crippen LogP contribution in [-0.4, -0.2) is 38.1 Å². The lowest BCUT2D eigenvalue weighted by atomic mass is 10.4. The fourth-order valence-electron chi connectivity index (χ4n) is 0.911. The third kappa shape index (κ3) is 14.2. The summed E-state index contributed by atoms with van der Waals surface area (Å²) in [5, 5.41) is 0. The Balaban J connectivity index is 0. The molecule has 0 saturated carbocycles. The van der Waals surface area contributed by atoms with E-state index >= 15 is 0 Å². The SMILES string of the molecule is C.CCC1CO1.CC[C@@H]1CO1.CC[C@H]1CO1.S. The summed E-state index contributed by atoms with van der Waals surface area (Å²) >= 11 is 0. The number of ether oxygens (including phenoxy) is 3. The number of rotatable bonds is 3. The van der Waals surface area contributed by atoms with E-state index in [1.54, 1.807) is 0 Å². The Morgan fingerprint density at radius 1 is 0.706 bits per heavy atom. The van der Waals surface area contributed by atoms with Gasteiger partial charge in [0.2, 0.25) is 0 Å². The maximum atomic E-state index is 4.86. The van der Waals surface area contributed by atoms with Crippen LogP contribution in [0.25, 0.3) is 0 Å². The van der Waals surface area contributed by atoms with Gasteiger partial charge in [-0.25, -0.2) is 0 Å². The molecule has 3 heterocycles. The van der Waals surface area contributed by atoms with E-state index < -0.39 is 0 Å². The van der Waals surface area contributed by atoms with Gasteiger partial charge in [-0.1, -0.05) is 28.2 Å². The second-order valence-corrected chi connectivity index (χ2v) is 4.09. The summed E-state index contributed by atoms with van der Waals surface area (Å²) in [7, 11) is 0. The molecule has 0 radical (unpaired) electrons. The topological polar surface area (TPSA) is 37.6 Å². The molecule has 106 valence electrons. The van der Waals surface area contributed by atoms with Crippen LogP contribution >= 0.6 is 13.5 Å². The van der Waals surface area contributed by atoms with Crippen LogP contribution in [0.3, 0.4) is 0 Å². The minimum atomic E-state index is 0. The average molecular weight is 266 g/mol. The molecular formula is C13H30O3S. The van der Waals surface area contributed by atoms with E-state index in [-0.39, 0.29) is 20.9 Å². The largest absolute Gasteiger partial charge is 0.373 e. The molecular weight excluding hydrogens is 236 g/mol. The zero-order valence-electron chi connectivity index (χ0n) is 10.7. The van der Waals surface area contributed by atoms with Crippen LogP contribution in [0.1, 0.15) is 47.5 Å². The average Bonchev–Trinajstić information content (AvgIpc) is 3.20. The Hall–Kier alpha value is 0.230. The number of epoxide rings is 3. The molecule has 3 aliphatic heterocycles. The molecule has 3 aliphatic rings. The maximum absolute atomic E-state index is 4.86. The van der Waals surface area contributed by atoms with E-state index in [2.05, 4.69) is 20.8 Å². The van der Waals surface area contributed by atoms with Crippen molar-refractivity contribution in [3.63, 3.8) is 0 Å². The van der Waals surface area contributed by atoms with Crippen molar-refractivity contribution in [2.75, 3.05) is 19.8 Å². The standard InChI is InChI=1S/3C4H8O.CH4.H2S/c3*1-2-4-3-5-4;;/h3*4H,2-3H2,1H3;1H4;1H2/t2*4-;;;/m10.../s1. The van der Waals surface area contributed by atoms with Gasteiger partial charge in [0.05, 0.1) is 38.1 Å². The third-order valence-electron chi connectivity index (χ3n) is 2.57. The summed E-state index contributed by atoms with van der Waals surface area (Å²) in [4.78, 5) is 0. The number of hydrogen-bond donors (Lipinski definition) is 0. The minimum Gasteiger partial charge on any atom is -0.373 e. The Bertz CT molecular complexity index is 126. The third-order valence-corrected chi connectivity index (χ3v) is 2.57. The smallest absolute Gasteiger partial charge is 0.0807 e. The second-order valence-electron chi connectivity index (χ2n) is 4.09. The highest BCUT2D eigenvalue weighted by atomic mass is 32.1. The van der Waals surface area contributed by atoms with Crippen molar-refractivity contribution in [3.05, 3.63) is 0 Å². The highest BCUT2D eigenvalue weighted by molar-refractivity contribution is 7.59. The van der Waals surface area contributed by atoms with Gasteiger partial charge in [-0.05, 0) is 19.3 Å². The van der Waals surface area contributed by atoms with Crippen LogP contribution in [0.5, 0.6) is 0 Å². The summed E-state index contributed by atoms with van der Waals surface area (Å²) in [6, 6.07) is 0. The molecule has 0 N–H and O–H groups in total. The molecule has 0 aliphatic carbocycles. The minimum absolute atomic E-state index is 0. The molecule has 3 rings (SSSR count). The van der Waals surface area contributed by atoms with Crippen molar-refractivity contribution in [3.8, 4) is 0 Å². The first-order chi connectivity index (χ1) is 7.30. The molecule has 0 spiro atoms. The summed E-state index contributed by atoms with van der Waals surface area (Å²) in [5.41, 5.74) is 0. The Morgan fingerprint density at radius 3 is 0.882 bits per heavy atom. The van der Waals surface area contributed by atoms with Gasteiger partial charge in [-0.3, -0.25) is 0 Å². The monoisotopic (exact) mass is 266 g/mol. The van der Waals surface area contributed by atoms with Gasteiger partial charge in [0.1, 0.15) is 0 Å². The number of hydrogen-bond acceptors (Lipinski definition) is 3. The van der Waals surface area contributed by atoms with E-state index in [1.807, 2.05) is 0 Å². The molecule has 4 heteroatoms. The van der Waals surface area contributed by atoms with Gasteiger partial charge in [0, 0.05) is 0 Å². The van der Waals surface area contributed by atoms with Gasteiger partial charge in [0.25, 0.3) is 0 Å². The van der Waals surface area contributed by atoms with Gasteiger partial charge < -0.3 is 14.2 Å². The first-order valence-electron chi connectivity index (χ1n) is 6.14. The quantitative estimate of drug-likeness (QED) is 0.737. The lowest BCUT2D eigenvalue weighted by molar-refractivity contribution is 0.403. The summed E-state index contributed by atoms with van der Waals surface area (Å²) < 4.78 is 14.6. The summed E-state index contributed by atoms with van der Waals surface area (Å²) in [6.07, 6.45) is 5.49. The van der Waals surface area contributed by atoms with Crippen LogP contribution in [0.2, 0.25) is 0 Å². The van der Waals surface area contributed by atoms with Crippen LogP contribution < -0.4 is 0 Å². The first-order valence-corrected chi connectivity index (χ1v) is 6.14. The van der Waals surface area contributed by atoms with Crippen LogP contribution in [-0.2, 0) is 14.2 Å². The summed E-state index contributed by atoms with van der Waals surface area (Å²) in [6.45, 7) is 9.44. The van der Waals surface area contributed by atoms with Gasteiger partial charge in [0.15, 0.2) is 0 Å². The molecule has 0 aromatic heterocycles. The van der Waals surface area contributed by atoms with Crippen molar-refractivity contribution in [1.29, 1.82) is 0 Å². The molecule has 17 heavy (non-hydrogen) atoms. The van der Waals surface area contributed by atoms with E-state index in [1.165, 1.54) is 19.3 Å². The van der Waals surface area contributed by atoms with Crippen LogP contribution in [0, 0.1) is 0 Å². The van der Waals surface area contributed by atoms with Crippen molar-refractivity contribution in [1.82, 2.24) is 0 Å². The van der Waals surface area contributed by atoms with Crippen molar-refractivity contribution < 1.29 is 14.2 Å². The molecule has 0 bridgehead atoms. The fourth-order valence-corrected chi connectivity index (χ4v) is 0.911. The maximum Gasteiger partial charge on any atom is 0.0807 e. The zero-order chi connectivity index (χ0) is 11.1. The van der Waals surface area contributed by atoms with E-state index in [0.29, 0.717) is 18.3 Å². The lowest BCUT2D eigenvalue weighted by Gasteiger charge is -1.69. The lowest BCUT2D eigenvalue weighted by Crippen LogP contribution is -1.73. The van der Waals surface area contributed by atoms with E-state index in [9.17, 15) is 0 Å². The van der Waals surface area contributed by atoms with Gasteiger partial charge in [-0.2, -0.15) is 13.5 Å². The molecule has 3 saturated heterocycles. The molecule has 3 atom stereocenters. The second kappa shape index (κ2) is 11.3. The fraction of sp³-hybridized carbons (Fsp3) is 1.00. The molecule has 0 amide bonds. The van der Waals surface area contributed by atoms with Gasteiger partial charge in [-0.15, -0.1) is 0 Å². The molecule has 3 nitrogen and oxygen atoms in total. The predicted octanol–water partition coefficient (Wildman–Crippen LogP) is 3.13. The Kier molecular flexibility index (Phi) is 13.0. The highest BCUT2D eigenvalue weighted by Gasteiger charge is 2.19. The summed E-state index contributed by atoms with van der Waals surface area (Å²) in [5.74, 6) is 0. The van der Waals surface area contributed by atoms with Crippen LogP contribution in [0.15, 0.2) is 0 Å². The van der Waals surface area contributed by atoms with E-state index in [0.717, 1.165) is 19.8 Å². The normalized spacial score (nSPS) is 30.2. The van der Waals surface area contributed by atoms with Crippen LogP contribution in [0.4, 0.5) is 0 Å². The molecule has 1 unspecified atom stereocenters. The molecule has 0 aromatic rings. The highest BCUT2D eigenvalue weighted by Crippen LogP contribution is 2.11. The molecule has 0 aromatic carbocycles. The Morgan fingerprint density at radius 2 is 0.882 bits per heavy atom. The zero-order valence-corrected chi connectivity index (χ0v) is 11.7. The first kappa shape index (κ1) is 19.6. The van der Waals surface area contributed by atoms with Crippen molar-refractivity contribution in [2.24, 2.45) is 0 Å². The molecule has 3 fully saturated rings. The van der Waals surface area contributed by atoms with Gasteiger partial charge >= 0.3 is 0 Å². The van der Waals surface area contributed by atoms with Crippen molar-refractivity contribution in [2.45, 2.75) is 65.8 Å². The van der Waals surface area contributed by atoms with Crippen molar-refractivity contribution >= 4 is 13.5 Å².